The summed E-state index contributed by atoms with van der Waals surface area (Å²) in [6.07, 6.45) is 1.63. The fourth-order valence-corrected chi connectivity index (χ4v) is 2.28. The molecule has 0 bridgehead atoms. The van der Waals surface area contributed by atoms with Crippen molar-refractivity contribution in [1.29, 1.82) is 0 Å². The van der Waals surface area contributed by atoms with Crippen molar-refractivity contribution in [1.82, 2.24) is 10.2 Å². The zero-order chi connectivity index (χ0) is 13.7. The fraction of sp³-hybridized carbons (Fsp3) is 0.929. The van der Waals surface area contributed by atoms with E-state index in [4.69, 9.17) is 5.73 Å². The van der Waals surface area contributed by atoms with Crippen LogP contribution in [0.3, 0.4) is 0 Å². The van der Waals surface area contributed by atoms with Gasteiger partial charge in [0.2, 0.25) is 5.91 Å². The first-order chi connectivity index (χ1) is 8.40. The number of likely N-dealkylation sites (tertiary alicyclic amines) is 1. The summed E-state index contributed by atoms with van der Waals surface area (Å²) in [5.74, 6) is 1.06. The Kier molecular flexibility index (Phi) is 6.09. The van der Waals surface area contributed by atoms with Crippen molar-refractivity contribution < 1.29 is 4.79 Å². The van der Waals surface area contributed by atoms with E-state index < -0.39 is 0 Å². The molecule has 2 atom stereocenters. The highest BCUT2D eigenvalue weighted by Gasteiger charge is 2.24. The number of hydrogen-bond acceptors (Lipinski definition) is 3. The second-order valence-corrected chi connectivity index (χ2v) is 6.16. The van der Waals surface area contributed by atoms with Gasteiger partial charge in [-0.2, -0.15) is 0 Å². The maximum Gasteiger partial charge on any atom is 0.221 e. The summed E-state index contributed by atoms with van der Waals surface area (Å²) in [7, 11) is 0. The van der Waals surface area contributed by atoms with E-state index in [9.17, 15) is 4.79 Å². The van der Waals surface area contributed by atoms with Gasteiger partial charge in [0.1, 0.15) is 0 Å². The molecular formula is C14H29N3O. The first-order valence-electron chi connectivity index (χ1n) is 7.16. The SMILES string of the molecule is CC(C)C(N)CC(=O)NCC1CCN(C(C)C)C1. The highest BCUT2D eigenvalue weighted by Crippen LogP contribution is 2.17. The number of nitrogens with zero attached hydrogens (tertiary/aromatic N) is 1. The molecule has 1 amide bonds. The summed E-state index contributed by atoms with van der Waals surface area (Å²) < 4.78 is 0. The van der Waals surface area contributed by atoms with Gasteiger partial charge in [0.15, 0.2) is 0 Å². The number of nitrogens with two attached hydrogens (primary N) is 1. The van der Waals surface area contributed by atoms with Crippen molar-refractivity contribution in [3.8, 4) is 0 Å². The van der Waals surface area contributed by atoms with Crippen LogP contribution >= 0.6 is 0 Å². The van der Waals surface area contributed by atoms with Gasteiger partial charge < -0.3 is 16.0 Å². The number of hydrogen-bond donors (Lipinski definition) is 2. The van der Waals surface area contributed by atoms with Gasteiger partial charge in [-0.3, -0.25) is 4.79 Å². The lowest BCUT2D eigenvalue weighted by atomic mass is 10.0. The molecule has 1 rings (SSSR count). The second-order valence-electron chi connectivity index (χ2n) is 6.16. The molecule has 1 fully saturated rings. The van der Waals surface area contributed by atoms with Gasteiger partial charge in [0.05, 0.1) is 0 Å². The number of amides is 1. The lowest BCUT2D eigenvalue weighted by molar-refractivity contribution is -0.121. The number of rotatable bonds is 6. The van der Waals surface area contributed by atoms with Gasteiger partial charge >= 0.3 is 0 Å². The van der Waals surface area contributed by atoms with Crippen LogP contribution in [0.5, 0.6) is 0 Å². The predicted octanol–water partition coefficient (Wildman–Crippen LogP) is 1.21. The minimum atomic E-state index is -0.0271. The smallest absolute Gasteiger partial charge is 0.221 e. The van der Waals surface area contributed by atoms with Gasteiger partial charge in [0.25, 0.3) is 0 Å². The third kappa shape index (κ3) is 4.94. The first-order valence-corrected chi connectivity index (χ1v) is 7.16. The predicted molar refractivity (Wildman–Crippen MR) is 75.3 cm³/mol. The molecule has 0 aromatic heterocycles. The normalized spacial score (nSPS) is 22.7. The summed E-state index contributed by atoms with van der Waals surface area (Å²) in [4.78, 5) is 14.2. The summed E-state index contributed by atoms with van der Waals surface area (Å²) >= 11 is 0. The lowest BCUT2D eigenvalue weighted by Crippen LogP contribution is -2.37. The van der Waals surface area contributed by atoms with Crippen LogP contribution in [0, 0.1) is 11.8 Å². The van der Waals surface area contributed by atoms with Gasteiger partial charge in [-0.1, -0.05) is 13.8 Å². The third-order valence-electron chi connectivity index (χ3n) is 3.91. The largest absolute Gasteiger partial charge is 0.356 e. The van der Waals surface area contributed by atoms with Crippen LogP contribution < -0.4 is 11.1 Å². The average molecular weight is 255 g/mol. The zero-order valence-corrected chi connectivity index (χ0v) is 12.3. The van der Waals surface area contributed by atoms with Crippen molar-refractivity contribution in [2.24, 2.45) is 17.6 Å². The van der Waals surface area contributed by atoms with Crippen molar-refractivity contribution in [3.05, 3.63) is 0 Å². The van der Waals surface area contributed by atoms with Crippen LogP contribution in [0.4, 0.5) is 0 Å². The molecule has 1 aliphatic rings. The van der Waals surface area contributed by atoms with Crippen molar-refractivity contribution in [2.75, 3.05) is 19.6 Å². The minimum Gasteiger partial charge on any atom is -0.356 e. The van der Waals surface area contributed by atoms with Crippen LogP contribution in [0.2, 0.25) is 0 Å². The molecule has 0 aliphatic carbocycles. The molecular weight excluding hydrogens is 226 g/mol. The summed E-state index contributed by atoms with van der Waals surface area (Å²) in [5.41, 5.74) is 5.89. The summed E-state index contributed by atoms with van der Waals surface area (Å²) in [6.45, 7) is 11.6. The number of nitrogens with one attached hydrogen (secondary N) is 1. The van der Waals surface area contributed by atoms with Crippen LogP contribution in [0.1, 0.15) is 40.5 Å². The summed E-state index contributed by atoms with van der Waals surface area (Å²) in [6, 6.07) is 0.584. The fourth-order valence-electron chi connectivity index (χ4n) is 2.28. The van der Waals surface area contributed by atoms with E-state index in [1.165, 1.54) is 6.42 Å². The molecule has 18 heavy (non-hydrogen) atoms. The Morgan fingerprint density at radius 2 is 2.06 bits per heavy atom. The maximum atomic E-state index is 11.7. The van der Waals surface area contributed by atoms with E-state index in [1.807, 2.05) is 0 Å². The molecule has 106 valence electrons. The Labute approximate surface area is 111 Å². The zero-order valence-electron chi connectivity index (χ0n) is 12.3. The Morgan fingerprint density at radius 1 is 1.39 bits per heavy atom. The van der Waals surface area contributed by atoms with E-state index >= 15 is 0 Å². The molecule has 1 heterocycles. The van der Waals surface area contributed by atoms with Crippen molar-refractivity contribution in [3.63, 3.8) is 0 Å². The standard InChI is InChI=1S/C14H29N3O/c1-10(2)13(15)7-14(18)16-8-12-5-6-17(9-12)11(3)4/h10-13H,5-9,15H2,1-4H3,(H,16,18). The molecule has 0 radical (unpaired) electrons. The van der Waals surface area contributed by atoms with Crippen LogP contribution in [0.25, 0.3) is 0 Å². The van der Waals surface area contributed by atoms with Crippen molar-refractivity contribution >= 4 is 5.91 Å². The molecule has 2 unspecified atom stereocenters. The highest BCUT2D eigenvalue weighted by molar-refractivity contribution is 5.76. The maximum absolute atomic E-state index is 11.7. The molecule has 1 saturated heterocycles. The van der Waals surface area contributed by atoms with Gasteiger partial charge in [-0.05, 0) is 38.6 Å². The molecule has 1 aliphatic heterocycles. The number of carbonyl (C=O) groups excluding carboxylic acids is 1. The molecule has 4 heteroatoms. The van der Waals surface area contributed by atoms with Crippen LogP contribution in [0.15, 0.2) is 0 Å². The molecule has 3 N–H and O–H groups in total. The quantitative estimate of drug-likeness (QED) is 0.750. The van der Waals surface area contributed by atoms with Gasteiger partial charge in [-0.25, -0.2) is 0 Å². The van der Waals surface area contributed by atoms with Crippen LogP contribution in [-0.2, 0) is 4.79 Å². The van der Waals surface area contributed by atoms with Gasteiger partial charge in [0, 0.05) is 31.6 Å². The van der Waals surface area contributed by atoms with E-state index in [0.717, 1.165) is 19.6 Å². The third-order valence-corrected chi connectivity index (χ3v) is 3.91. The monoisotopic (exact) mass is 255 g/mol. The average Bonchev–Trinajstić information content (AvgIpc) is 2.74. The minimum absolute atomic E-state index is 0.0271. The van der Waals surface area contributed by atoms with E-state index in [0.29, 0.717) is 24.3 Å². The molecule has 0 aromatic rings. The number of carbonyl (C=O) groups is 1. The molecule has 0 saturated carbocycles. The van der Waals surface area contributed by atoms with E-state index in [1.54, 1.807) is 0 Å². The molecule has 0 spiro atoms. The Balaban J connectivity index is 2.20. The second kappa shape index (κ2) is 7.10. The van der Waals surface area contributed by atoms with Gasteiger partial charge in [-0.15, -0.1) is 0 Å². The Morgan fingerprint density at radius 3 is 2.56 bits per heavy atom. The van der Waals surface area contributed by atoms with Crippen molar-refractivity contribution in [2.45, 2.75) is 52.6 Å². The Hall–Kier alpha value is -0.610. The highest BCUT2D eigenvalue weighted by atomic mass is 16.1. The topological polar surface area (TPSA) is 58.4 Å². The molecule has 0 aromatic carbocycles. The lowest BCUT2D eigenvalue weighted by Gasteiger charge is -2.20. The summed E-state index contributed by atoms with van der Waals surface area (Å²) in [5, 5.41) is 3.02. The van der Waals surface area contributed by atoms with E-state index in [2.05, 4.69) is 37.9 Å². The molecule has 4 nitrogen and oxygen atoms in total. The first kappa shape index (κ1) is 15.4. The van der Waals surface area contributed by atoms with Crippen LogP contribution in [-0.4, -0.2) is 42.5 Å². The Bertz CT molecular complexity index is 266. The van der Waals surface area contributed by atoms with E-state index in [-0.39, 0.29) is 11.9 Å².